The number of nitrogens with zero attached hydrogens (tertiary/aromatic N) is 2. The maximum absolute atomic E-state index is 11.9. The Labute approximate surface area is 166 Å². The quantitative estimate of drug-likeness (QED) is 0.198. The van der Waals surface area contributed by atoms with Crippen molar-refractivity contribution in [3.05, 3.63) is 54.1 Å². The fourth-order valence-electron chi connectivity index (χ4n) is 2.35. The van der Waals surface area contributed by atoms with Crippen LogP contribution in [0.15, 0.2) is 58.5 Å². The molecule has 8 nitrogen and oxygen atoms in total. The molecule has 0 radical (unpaired) electrons. The molecule has 0 saturated heterocycles. The van der Waals surface area contributed by atoms with E-state index in [1.165, 1.54) is 36.4 Å². The Balaban J connectivity index is 1.61. The van der Waals surface area contributed by atoms with Crippen LogP contribution in [-0.2, 0) is 19.1 Å². The zero-order valence-electron chi connectivity index (χ0n) is 15.5. The predicted octanol–water partition coefficient (Wildman–Crippen LogP) is 3.94. The maximum atomic E-state index is 11.9. The molecular formula is C21H18N2O6. The minimum Gasteiger partial charge on any atom is -0.462 e. The van der Waals surface area contributed by atoms with E-state index in [0.717, 1.165) is 0 Å². The lowest BCUT2D eigenvalue weighted by Crippen LogP contribution is -2.08. The van der Waals surface area contributed by atoms with Gasteiger partial charge in [0.25, 0.3) is 0 Å². The summed E-state index contributed by atoms with van der Waals surface area (Å²) in [7, 11) is 0. The average Bonchev–Trinajstić information content (AvgIpc) is 2.73. The van der Waals surface area contributed by atoms with E-state index >= 15 is 0 Å². The Morgan fingerprint density at radius 2 is 1.38 bits per heavy atom. The number of carbonyl (C=O) groups excluding carboxylic acids is 4. The van der Waals surface area contributed by atoms with Crippen molar-refractivity contribution in [2.24, 2.45) is 9.98 Å². The van der Waals surface area contributed by atoms with Crippen LogP contribution in [-0.4, -0.2) is 30.7 Å². The molecule has 2 rings (SSSR count). The zero-order chi connectivity index (χ0) is 20.9. The van der Waals surface area contributed by atoms with Gasteiger partial charge in [-0.05, 0) is 67.8 Å². The van der Waals surface area contributed by atoms with E-state index in [4.69, 9.17) is 9.47 Å². The fourth-order valence-corrected chi connectivity index (χ4v) is 2.35. The van der Waals surface area contributed by atoms with Crippen molar-refractivity contribution in [3.8, 4) is 5.75 Å². The van der Waals surface area contributed by atoms with E-state index in [1.54, 1.807) is 24.3 Å². The van der Waals surface area contributed by atoms with E-state index in [9.17, 15) is 19.2 Å². The third-order valence-electron chi connectivity index (χ3n) is 3.78. The summed E-state index contributed by atoms with van der Waals surface area (Å²) in [6.07, 6.45) is 5.00. The maximum Gasteiger partial charge on any atom is 0.338 e. The lowest BCUT2D eigenvalue weighted by Gasteiger charge is -2.06. The van der Waals surface area contributed by atoms with Crippen LogP contribution >= 0.6 is 0 Å². The summed E-state index contributed by atoms with van der Waals surface area (Å²) in [5.74, 6) is -0.459. The number of carbonyl (C=O) groups is 2. The van der Waals surface area contributed by atoms with Crippen molar-refractivity contribution >= 4 is 35.5 Å². The molecule has 0 unspecified atom stereocenters. The number of esters is 2. The summed E-state index contributed by atoms with van der Waals surface area (Å²) < 4.78 is 10.3. The Morgan fingerprint density at radius 1 is 0.793 bits per heavy atom. The van der Waals surface area contributed by atoms with Crippen LogP contribution in [0.1, 0.15) is 36.0 Å². The Bertz CT molecular complexity index is 925. The van der Waals surface area contributed by atoms with Crippen LogP contribution in [0.4, 0.5) is 11.4 Å². The highest BCUT2D eigenvalue weighted by molar-refractivity contribution is 5.89. The molecule has 0 aromatic heterocycles. The van der Waals surface area contributed by atoms with E-state index < -0.39 is 5.97 Å². The summed E-state index contributed by atoms with van der Waals surface area (Å²) in [4.78, 5) is 50.9. The molecule has 0 N–H and O–H groups in total. The molecule has 29 heavy (non-hydrogen) atoms. The number of hydrogen-bond donors (Lipinski definition) is 0. The SMILES string of the molecule is O=C=Nc1ccc(OC(=O)CCCCCOC(=O)c2ccc(N=C=O)cc2)cc1. The highest BCUT2D eigenvalue weighted by Crippen LogP contribution is 2.18. The van der Waals surface area contributed by atoms with E-state index in [2.05, 4.69) is 9.98 Å². The molecule has 0 amide bonds. The third kappa shape index (κ3) is 7.72. The van der Waals surface area contributed by atoms with Crippen molar-refractivity contribution in [2.75, 3.05) is 6.61 Å². The molecule has 2 aromatic carbocycles. The summed E-state index contributed by atoms with van der Waals surface area (Å²) in [6, 6.07) is 12.3. The van der Waals surface area contributed by atoms with Crippen LogP contribution in [0, 0.1) is 0 Å². The molecule has 8 heteroatoms. The molecule has 0 aliphatic rings. The highest BCUT2D eigenvalue weighted by Gasteiger charge is 2.08. The zero-order valence-corrected chi connectivity index (χ0v) is 15.5. The minimum absolute atomic E-state index is 0.237. The molecular weight excluding hydrogens is 376 g/mol. The largest absolute Gasteiger partial charge is 0.462 e. The van der Waals surface area contributed by atoms with Gasteiger partial charge in [0.1, 0.15) is 5.75 Å². The van der Waals surface area contributed by atoms with Gasteiger partial charge in [-0.3, -0.25) is 4.79 Å². The summed E-state index contributed by atoms with van der Waals surface area (Å²) in [6.45, 7) is 0.237. The van der Waals surface area contributed by atoms with Crippen LogP contribution in [0.5, 0.6) is 5.75 Å². The van der Waals surface area contributed by atoms with Crippen molar-refractivity contribution in [3.63, 3.8) is 0 Å². The molecule has 0 atom stereocenters. The van der Waals surface area contributed by atoms with Crippen molar-refractivity contribution < 1.29 is 28.7 Å². The molecule has 0 heterocycles. The van der Waals surface area contributed by atoms with Gasteiger partial charge in [0.05, 0.1) is 23.5 Å². The van der Waals surface area contributed by atoms with Gasteiger partial charge in [-0.25, -0.2) is 14.4 Å². The first-order valence-corrected chi connectivity index (χ1v) is 8.86. The predicted molar refractivity (Wildman–Crippen MR) is 103 cm³/mol. The van der Waals surface area contributed by atoms with Gasteiger partial charge in [-0.1, -0.05) is 0 Å². The van der Waals surface area contributed by atoms with Gasteiger partial charge < -0.3 is 9.47 Å². The van der Waals surface area contributed by atoms with Crippen molar-refractivity contribution in [1.29, 1.82) is 0 Å². The Morgan fingerprint density at radius 3 is 1.97 bits per heavy atom. The monoisotopic (exact) mass is 394 g/mol. The van der Waals surface area contributed by atoms with Gasteiger partial charge >= 0.3 is 11.9 Å². The minimum atomic E-state index is -0.464. The van der Waals surface area contributed by atoms with Gasteiger partial charge in [0.15, 0.2) is 0 Å². The first kappa shape index (κ1) is 21.4. The Kier molecular flexibility index (Phi) is 8.70. The molecule has 0 spiro atoms. The third-order valence-corrected chi connectivity index (χ3v) is 3.78. The second-order valence-electron chi connectivity index (χ2n) is 5.87. The normalized spacial score (nSPS) is 9.66. The lowest BCUT2D eigenvalue weighted by molar-refractivity contribution is -0.134. The standard InChI is InChI=1S/C21H18N2O6/c24-14-22-17-7-5-16(6-8-17)21(27)28-13-3-1-2-4-20(26)29-19-11-9-18(10-12-19)23-15-25/h5-12H,1-4,13H2. The second-order valence-corrected chi connectivity index (χ2v) is 5.87. The van der Waals surface area contributed by atoms with Crippen LogP contribution in [0.3, 0.4) is 0 Å². The van der Waals surface area contributed by atoms with Crippen LogP contribution in [0.2, 0.25) is 0 Å². The number of rotatable bonds is 10. The highest BCUT2D eigenvalue weighted by atomic mass is 16.5. The number of isocyanates is 2. The van der Waals surface area contributed by atoms with Crippen molar-refractivity contribution in [2.45, 2.75) is 25.7 Å². The molecule has 0 saturated carbocycles. The molecule has 0 bridgehead atoms. The van der Waals surface area contributed by atoms with Gasteiger partial charge in [-0.2, -0.15) is 9.98 Å². The van der Waals surface area contributed by atoms with Crippen LogP contribution < -0.4 is 4.74 Å². The van der Waals surface area contributed by atoms with Gasteiger partial charge in [0.2, 0.25) is 12.2 Å². The van der Waals surface area contributed by atoms with Gasteiger partial charge in [-0.15, -0.1) is 0 Å². The average molecular weight is 394 g/mol. The molecule has 2 aromatic rings. The molecule has 0 aliphatic carbocycles. The van der Waals surface area contributed by atoms with E-state index in [-0.39, 0.29) is 19.0 Å². The number of hydrogen-bond acceptors (Lipinski definition) is 8. The molecule has 148 valence electrons. The summed E-state index contributed by atoms with van der Waals surface area (Å²) >= 11 is 0. The first-order chi connectivity index (χ1) is 14.1. The van der Waals surface area contributed by atoms with E-state index in [1.807, 2.05) is 0 Å². The lowest BCUT2D eigenvalue weighted by atomic mass is 10.2. The number of unbranched alkanes of at least 4 members (excludes halogenated alkanes) is 2. The number of ether oxygens (including phenoxy) is 2. The summed E-state index contributed by atoms with van der Waals surface area (Å²) in [5.41, 5.74) is 1.21. The Hall–Kier alpha value is -3.86. The fraction of sp³-hybridized carbons (Fsp3) is 0.238. The number of benzene rings is 2. The number of aliphatic imine (C=N–C) groups is 2. The smallest absolute Gasteiger partial charge is 0.338 e. The van der Waals surface area contributed by atoms with Gasteiger partial charge in [0, 0.05) is 6.42 Å². The second kappa shape index (κ2) is 11.8. The molecule has 0 fully saturated rings. The van der Waals surface area contributed by atoms with Crippen LogP contribution in [0.25, 0.3) is 0 Å². The molecule has 0 aliphatic heterocycles. The van der Waals surface area contributed by atoms with Crippen molar-refractivity contribution in [1.82, 2.24) is 0 Å². The van der Waals surface area contributed by atoms with E-state index in [0.29, 0.717) is 42.0 Å². The first-order valence-electron chi connectivity index (χ1n) is 8.86. The topological polar surface area (TPSA) is 111 Å². The summed E-state index contributed by atoms with van der Waals surface area (Å²) in [5, 5.41) is 0.